The van der Waals surface area contributed by atoms with Gasteiger partial charge in [0.25, 0.3) is 0 Å². The lowest BCUT2D eigenvalue weighted by molar-refractivity contribution is 0.616. The average molecular weight is 214 g/mol. The van der Waals surface area contributed by atoms with Crippen molar-refractivity contribution in [1.29, 1.82) is 0 Å². The maximum absolute atomic E-state index is 13.4. The molecule has 0 aliphatic carbocycles. The highest BCUT2D eigenvalue weighted by Crippen LogP contribution is 2.13. The summed E-state index contributed by atoms with van der Waals surface area (Å²) < 4.78 is 13.4. The van der Waals surface area contributed by atoms with E-state index in [0.29, 0.717) is 12.4 Å². The molecule has 1 N–H and O–H groups in total. The molecule has 1 atom stereocenters. The van der Waals surface area contributed by atoms with Crippen LogP contribution in [0.15, 0.2) is 17.3 Å². The van der Waals surface area contributed by atoms with Crippen molar-refractivity contribution in [3.8, 4) is 0 Å². The number of amidine groups is 1. The van der Waals surface area contributed by atoms with Gasteiger partial charge in [-0.25, -0.2) is 9.37 Å². The maximum atomic E-state index is 13.4. The molecule has 74 valence electrons. The van der Waals surface area contributed by atoms with E-state index < -0.39 is 5.82 Å². The Morgan fingerprint density at radius 2 is 2.43 bits per heavy atom. The Labute approximate surface area is 86.0 Å². The molecule has 0 fully saturated rings. The van der Waals surface area contributed by atoms with Crippen LogP contribution in [0.5, 0.6) is 0 Å². The van der Waals surface area contributed by atoms with Crippen LogP contribution in [0.1, 0.15) is 12.6 Å². The van der Waals surface area contributed by atoms with Crippen LogP contribution in [0.4, 0.5) is 4.39 Å². The smallest absolute Gasteiger partial charge is 0.154 e. The highest BCUT2D eigenvalue weighted by molar-refractivity contribution is 6.30. The number of hydrogen-bond donors (Lipinski definition) is 1. The molecule has 0 amide bonds. The Morgan fingerprint density at radius 1 is 1.64 bits per heavy atom. The molecule has 0 saturated heterocycles. The van der Waals surface area contributed by atoms with Gasteiger partial charge >= 0.3 is 0 Å². The van der Waals surface area contributed by atoms with Gasteiger partial charge in [0.2, 0.25) is 0 Å². The lowest BCUT2D eigenvalue weighted by atomic mass is 10.3. The fourth-order valence-electron chi connectivity index (χ4n) is 1.28. The summed E-state index contributed by atoms with van der Waals surface area (Å²) in [6.07, 6.45) is 1.41. The third-order valence-corrected chi connectivity index (χ3v) is 2.15. The molecule has 1 aliphatic rings. The number of rotatable bonds is 1. The van der Waals surface area contributed by atoms with Gasteiger partial charge in [0.05, 0.1) is 11.6 Å². The molecule has 3 nitrogen and oxygen atoms in total. The van der Waals surface area contributed by atoms with Gasteiger partial charge in [0, 0.05) is 12.2 Å². The summed E-state index contributed by atoms with van der Waals surface area (Å²) in [6.45, 7) is 2.63. The second kappa shape index (κ2) is 3.53. The molecule has 0 radical (unpaired) electrons. The van der Waals surface area contributed by atoms with Gasteiger partial charge in [-0.2, -0.15) is 0 Å². The van der Waals surface area contributed by atoms with Crippen LogP contribution >= 0.6 is 11.6 Å². The highest BCUT2D eigenvalue weighted by Gasteiger charge is 2.18. The summed E-state index contributed by atoms with van der Waals surface area (Å²) in [7, 11) is 0. The summed E-state index contributed by atoms with van der Waals surface area (Å²) in [5, 5.41) is 3.32. The van der Waals surface area contributed by atoms with Crippen LogP contribution in [0.2, 0.25) is 5.02 Å². The molecule has 0 bridgehead atoms. The van der Waals surface area contributed by atoms with Gasteiger partial charge < -0.3 is 5.32 Å². The monoisotopic (exact) mass is 213 g/mol. The van der Waals surface area contributed by atoms with E-state index in [2.05, 4.69) is 15.3 Å². The number of hydrogen-bond acceptors (Lipinski definition) is 3. The minimum absolute atomic E-state index is 0.235. The molecular weight excluding hydrogens is 205 g/mol. The minimum Gasteiger partial charge on any atom is -0.364 e. The third-order valence-electron chi connectivity index (χ3n) is 1.94. The summed E-state index contributed by atoms with van der Waals surface area (Å²) >= 11 is 5.59. The van der Waals surface area contributed by atoms with Gasteiger partial charge in [0.15, 0.2) is 11.7 Å². The van der Waals surface area contributed by atoms with Crippen molar-refractivity contribution in [3.05, 3.63) is 28.8 Å². The zero-order chi connectivity index (χ0) is 10.1. The van der Waals surface area contributed by atoms with Crippen molar-refractivity contribution in [2.24, 2.45) is 4.99 Å². The molecule has 2 rings (SSSR count). The first kappa shape index (κ1) is 9.40. The molecule has 0 aromatic carbocycles. The molecule has 1 aliphatic heterocycles. The Hall–Kier alpha value is -1.16. The predicted molar refractivity (Wildman–Crippen MR) is 53.2 cm³/mol. The first-order valence-corrected chi connectivity index (χ1v) is 4.67. The number of nitrogens with zero attached hydrogens (tertiary/aromatic N) is 2. The number of halogens is 2. The summed E-state index contributed by atoms with van der Waals surface area (Å²) in [6, 6.07) is 1.47. The van der Waals surface area contributed by atoms with E-state index in [-0.39, 0.29) is 16.8 Å². The van der Waals surface area contributed by atoms with E-state index >= 15 is 0 Å². The fraction of sp³-hybridized carbons (Fsp3) is 0.333. The van der Waals surface area contributed by atoms with E-state index in [1.807, 2.05) is 6.92 Å². The summed E-state index contributed by atoms with van der Waals surface area (Å²) in [5.74, 6) is 0.0597. The second-order valence-electron chi connectivity index (χ2n) is 3.22. The topological polar surface area (TPSA) is 37.3 Å². The molecule has 1 aromatic rings. The molecule has 1 unspecified atom stereocenters. The van der Waals surface area contributed by atoms with E-state index in [0.717, 1.165) is 0 Å². The zero-order valence-corrected chi connectivity index (χ0v) is 8.35. The lowest BCUT2D eigenvalue weighted by Gasteiger charge is -2.05. The van der Waals surface area contributed by atoms with Crippen LogP contribution in [0, 0.1) is 5.82 Å². The van der Waals surface area contributed by atoms with E-state index in [9.17, 15) is 4.39 Å². The van der Waals surface area contributed by atoms with Crippen molar-refractivity contribution in [2.75, 3.05) is 6.54 Å². The predicted octanol–water partition coefficient (Wildman–Crippen LogP) is 1.61. The Morgan fingerprint density at radius 3 is 3.00 bits per heavy atom. The van der Waals surface area contributed by atoms with Crippen molar-refractivity contribution in [1.82, 2.24) is 10.3 Å². The van der Waals surface area contributed by atoms with Gasteiger partial charge in [0.1, 0.15) is 5.69 Å². The first-order chi connectivity index (χ1) is 6.66. The molecule has 5 heteroatoms. The normalized spacial score (nSPS) is 20.5. The Balaban J connectivity index is 2.33. The Kier molecular flexibility index (Phi) is 2.37. The van der Waals surface area contributed by atoms with Crippen LogP contribution in [-0.2, 0) is 0 Å². The van der Waals surface area contributed by atoms with E-state index in [4.69, 9.17) is 11.6 Å². The minimum atomic E-state index is -0.446. The summed E-state index contributed by atoms with van der Waals surface area (Å²) in [5.41, 5.74) is 0.235. The highest BCUT2D eigenvalue weighted by atomic mass is 35.5. The van der Waals surface area contributed by atoms with Crippen LogP contribution in [0.3, 0.4) is 0 Å². The van der Waals surface area contributed by atoms with Gasteiger partial charge in [-0.15, -0.1) is 0 Å². The number of aromatic nitrogens is 1. The van der Waals surface area contributed by atoms with Crippen molar-refractivity contribution in [3.63, 3.8) is 0 Å². The average Bonchev–Trinajstić information content (AvgIpc) is 2.51. The van der Waals surface area contributed by atoms with E-state index in [1.54, 1.807) is 0 Å². The molecule has 0 saturated carbocycles. The van der Waals surface area contributed by atoms with Crippen LogP contribution in [-0.4, -0.2) is 23.4 Å². The molecule has 14 heavy (non-hydrogen) atoms. The first-order valence-electron chi connectivity index (χ1n) is 4.29. The zero-order valence-electron chi connectivity index (χ0n) is 7.59. The molecular formula is C9H9ClFN3. The SMILES string of the molecule is CC1CN=C(c2ncc(Cl)cc2F)N1. The van der Waals surface area contributed by atoms with E-state index in [1.165, 1.54) is 12.3 Å². The molecule has 2 heterocycles. The number of aliphatic imine (C=N–C) groups is 1. The van der Waals surface area contributed by atoms with Gasteiger partial charge in [-0.05, 0) is 13.0 Å². The summed E-state index contributed by atoms with van der Waals surface area (Å²) in [4.78, 5) is 8.03. The van der Waals surface area contributed by atoms with Crippen LogP contribution < -0.4 is 5.32 Å². The van der Waals surface area contributed by atoms with Crippen LogP contribution in [0.25, 0.3) is 0 Å². The van der Waals surface area contributed by atoms with Gasteiger partial charge in [-0.1, -0.05) is 11.6 Å². The third kappa shape index (κ3) is 1.70. The van der Waals surface area contributed by atoms with Crippen molar-refractivity contribution >= 4 is 17.4 Å². The lowest BCUT2D eigenvalue weighted by Crippen LogP contribution is -2.29. The number of pyridine rings is 1. The van der Waals surface area contributed by atoms with Crippen molar-refractivity contribution in [2.45, 2.75) is 13.0 Å². The van der Waals surface area contributed by atoms with Crippen molar-refractivity contribution < 1.29 is 4.39 Å². The fourth-order valence-corrected chi connectivity index (χ4v) is 1.43. The molecule has 1 aromatic heterocycles. The molecule has 0 spiro atoms. The Bertz CT molecular complexity index is 392. The largest absolute Gasteiger partial charge is 0.364 e. The quantitative estimate of drug-likeness (QED) is 0.770. The number of nitrogens with one attached hydrogen (secondary N) is 1. The maximum Gasteiger partial charge on any atom is 0.154 e. The standard InChI is InChI=1S/C9H9ClFN3/c1-5-3-13-9(14-5)8-7(11)2-6(10)4-12-8/h2,4-5H,3H2,1H3,(H,13,14). The second-order valence-corrected chi connectivity index (χ2v) is 3.66. The van der Waals surface area contributed by atoms with Gasteiger partial charge in [-0.3, -0.25) is 4.99 Å².